The average Bonchev–Trinajstić information content (AvgIpc) is 2.14. The summed E-state index contributed by atoms with van der Waals surface area (Å²) >= 11 is 0. The minimum Gasteiger partial charge on any atom is -0.480 e. The van der Waals surface area contributed by atoms with Crippen molar-refractivity contribution in [2.75, 3.05) is 13.1 Å². The van der Waals surface area contributed by atoms with E-state index in [1.165, 1.54) is 0 Å². The monoisotopic (exact) mass is 265 g/mol. The summed E-state index contributed by atoms with van der Waals surface area (Å²) in [6.45, 7) is 2.50. The second-order valence-electron chi connectivity index (χ2n) is 3.98. The van der Waals surface area contributed by atoms with E-state index < -0.39 is 34.7 Å². The van der Waals surface area contributed by atoms with Crippen LogP contribution in [-0.4, -0.2) is 54.9 Å². The van der Waals surface area contributed by atoms with Crippen molar-refractivity contribution in [2.45, 2.75) is 25.9 Å². The highest BCUT2D eigenvalue weighted by atomic mass is 32.2. The van der Waals surface area contributed by atoms with Gasteiger partial charge in [0.25, 0.3) is 10.2 Å². The number of carboxylic acid groups (broad SMARTS) is 1. The van der Waals surface area contributed by atoms with E-state index in [-0.39, 0.29) is 12.6 Å². The van der Waals surface area contributed by atoms with E-state index in [1.54, 1.807) is 13.8 Å². The van der Waals surface area contributed by atoms with E-state index in [0.29, 0.717) is 4.31 Å². The molecule has 1 rings (SSSR count). The minimum atomic E-state index is -3.97. The van der Waals surface area contributed by atoms with Crippen molar-refractivity contribution < 1.29 is 23.1 Å². The number of carboxylic acids is 1. The molecule has 0 radical (unpaired) electrons. The highest BCUT2D eigenvalue weighted by molar-refractivity contribution is 7.87. The molecule has 0 aromatic rings. The van der Waals surface area contributed by atoms with Crippen molar-refractivity contribution in [2.24, 2.45) is 0 Å². The lowest BCUT2D eigenvalue weighted by Gasteiger charge is -2.32. The van der Waals surface area contributed by atoms with Crippen molar-refractivity contribution in [1.29, 1.82) is 0 Å². The molecule has 3 N–H and O–H groups in total. The van der Waals surface area contributed by atoms with Gasteiger partial charge in [-0.15, -0.1) is 0 Å². The quantitative estimate of drug-likeness (QED) is 0.550. The second kappa shape index (κ2) is 4.98. The lowest BCUT2D eigenvalue weighted by Crippen LogP contribution is -2.61. The molecule has 1 aliphatic heterocycles. The normalized spacial score (nSPS) is 22.5. The molecule has 1 atom stereocenters. The summed E-state index contributed by atoms with van der Waals surface area (Å²) in [7, 11) is -3.97. The van der Waals surface area contributed by atoms with Crippen molar-refractivity contribution in [3.8, 4) is 0 Å². The molecule has 9 heteroatoms. The fraction of sp³-hybridized carbons (Fsp3) is 0.750. The van der Waals surface area contributed by atoms with Gasteiger partial charge in [0.05, 0.1) is 6.54 Å². The average molecular weight is 265 g/mol. The highest BCUT2D eigenvalue weighted by Gasteiger charge is 2.39. The molecular formula is C8H15N3O5S. The molecule has 0 saturated carbocycles. The first-order valence-electron chi connectivity index (χ1n) is 5.02. The predicted molar refractivity (Wildman–Crippen MR) is 58.3 cm³/mol. The predicted octanol–water partition coefficient (Wildman–Crippen LogP) is -1.89. The second-order valence-corrected chi connectivity index (χ2v) is 5.64. The van der Waals surface area contributed by atoms with Crippen molar-refractivity contribution in [3.63, 3.8) is 0 Å². The van der Waals surface area contributed by atoms with Crippen LogP contribution in [0, 0.1) is 0 Å². The Balaban J connectivity index is 2.97. The van der Waals surface area contributed by atoms with Crippen molar-refractivity contribution in [3.05, 3.63) is 0 Å². The van der Waals surface area contributed by atoms with Crippen molar-refractivity contribution in [1.82, 2.24) is 14.3 Å². The van der Waals surface area contributed by atoms with Gasteiger partial charge in [-0.3, -0.25) is 9.59 Å². The molecule has 0 bridgehead atoms. The lowest BCUT2D eigenvalue weighted by molar-refractivity contribution is -0.143. The number of rotatable bonds is 4. The first kappa shape index (κ1) is 13.9. The van der Waals surface area contributed by atoms with E-state index in [1.807, 2.05) is 0 Å². The largest absolute Gasteiger partial charge is 0.480 e. The van der Waals surface area contributed by atoms with Crippen LogP contribution in [0.4, 0.5) is 0 Å². The fourth-order valence-corrected chi connectivity index (χ4v) is 2.97. The number of nitrogens with zero attached hydrogens (tertiary/aromatic N) is 1. The topological polar surface area (TPSA) is 116 Å². The first-order chi connectivity index (χ1) is 7.74. The van der Waals surface area contributed by atoms with Gasteiger partial charge in [0, 0.05) is 12.6 Å². The van der Waals surface area contributed by atoms with Gasteiger partial charge in [-0.1, -0.05) is 0 Å². The first-order valence-corrected chi connectivity index (χ1v) is 6.46. The third-order valence-corrected chi connectivity index (χ3v) is 3.89. The van der Waals surface area contributed by atoms with Gasteiger partial charge in [0.15, 0.2) is 0 Å². The molecule has 0 aromatic carbocycles. The van der Waals surface area contributed by atoms with Crippen LogP contribution in [0.1, 0.15) is 13.8 Å². The number of nitrogens with one attached hydrogen (secondary N) is 2. The maximum atomic E-state index is 11.8. The van der Waals surface area contributed by atoms with Gasteiger partial charge in [0.2, 0.25) is 5.91 Å². The summed E-state index contributed by atoms with van der Waals surface area (Å²) in [5.74, 6) is -1.81. The summed E-state index contributed by atoms with van der Waals surface area (Å²) in [6, 6.07) is -1.65. The van der Waals surface area contributed by atoms with E-state index in [9.17, 15) is 18.0 Å². The summed E-state index contributed by atoms with van der Waals surface area (Å²) < 4.78 is 26.6. The molecule has 1 saturated heterocycles. The van der Waals surface area contributed by atoms with Gasteiger partial charge in [0.1, 0.15) is 6.04 Å². The number of piperazine rings is 1. The third-order valence-electron chi connectivity index (χ3n) is 2.12. The Kier molecular flexibility index (Phi) is 4.07. The minimum absolute atomic E-state index is 0.229. The van der Waals surface area contributed by atoms with Crippen LogP contribution >= 0.6 is 0 Å². The highest BCUT2D eigenvalue weighted by Crippen LogP contribution is 2.10. The Labute approximate surface area is 99.2 Å². The standard InChI is InChI=1S/C8H15N3O5S/c1-5(2)10-17(15,16)11-4-7(12)9-3-6(11)8(13)14/h5-6,10H,3-4H2,1-2H3,(H,9,12)(H,13,14). The van der Waals surface area contributed by atoms with Gasteiger partial charge in [-0.25, -0.2) is 0 Å². The Bertz CT molecular complexity index is 419. The summed E-state index contributed by atoms with van der Waals surface area (Å²) in [5, 5.41) is 11.2. The molecule has 1 heterocycles. The fourth-order valence-electron chi connectivity index (χ4n) is 1.45. The maximum absolute atomic E-state index is 11.8. The zero-order valence-electron chi connectivity index (χ0n) is 9.50. The smallest absolute Gasteiger partial charge is 0.323 e. The molecule has 0 aliphatic carbocycles. The number of aliphatic carboxylic acids is 1. The van der Waals surface area contributed by atoms with Crippen LogP contribution in [0.5, 0.6) is 0 Å². The Morgan fingerprint density at radius 2 is 2.18 bits per heavy atom. The number of amides is 1. The zero-order valence-corrected chi connectivity index (χ0v) is 10.3. The van der Waals surface area contributed by atoms with Crippen molar-refractivity contribution >= 4 is 22.1 Å². The van der Waals surface area contributed by atoms with Crippen LogP contribution in [0.3, 0.4) is 0 Å². The SMILES string of the molecule is CC(C)NS(=O)(=O)N1CC(=O)NCC1C(=O)O. The van der Waals surface area contributed by atoms with Gasteiger partial charge >= 0.3 is 5.97 Å². The zero-order chi connectivity index (χ0) is 13.2. The molecule has 0 spiro atoms. The molecule has 0 aromatic heterocycles. The third kappa shape index (κ3) is 3.38. The van der Waals surface area contributed by atoms with E-state index in [2.05, 4.69) is 10.0 Å². The van der Waals surface area contributed by atoms with Gasteiger partial charge in [-0.2, -0.15) is 17.4 Å². The summed E-state index contributed by atoms with van der Waals surface area (Å²) in [5.41, 5.74) is 0. The molecule has 1 unspecified atom stereocenters. The van der Waals surface area contributed by atoms with Crippen LogP contribution in [0.25, 0.3) is 0 Å². The molecule has 1 aliphatic rings. The number of carbonyl (C=O) groups excluding carboxylic acids is 1. The number of carbonyl (C=O) groups is 2. The van der Waals surface area contributed by atoms with E-state index >= 15 is 0 Å². The van der Waals surface area contributed by atoms with Gasteiger partial charge in [-0.05, 0) is 13.8 Å². The number of hydrogen-bond acceptors (Lipinski definition) is 4. The molecular weight excluding hydrogens is 250 g/mol. The lowest BCUT2D eigenvalue weighted by atomic mass is 10.2. The van der Waals surface area contributed by atoms with Crippen LogP contribution in [0.15, 0.2) is 0 Å². The van der Waals surface area contributed by atoms with Crippen LogP contribution in [-0.2, 0) is 19.8 Å². The molecule has 17 heavy (non-hydrogen) atoms. The van der Waals surface area contributed by atoms with Crippen LogP contribution in [0.2, 0.25) is 0 Å². The van der Waals surface area contributed by atoms with E-state index in [4.69, 9.17) is 5.11 Å². The summed E-state index contributed by atoms with van der Waals surface area (Å²) in [6.07, 6.45) is 0. The van der Waals surface area contributed by atoms with Crippen LogP contribution < -0.4 is 10.0 Å². The maximum Gasteiger partial charge on any atom is 0.323 e. The summed E-state index contributed by atoms with van der Waals surface area (Å²) in [4.78, 5) is 22.1. The molecule has 8 nitrogen and oxygen atoms in total. The Hall–Kier alpha value is -1.19. The molecule has 1 amide bonds. The van der Waals surface area contributed by atoms with E-state index in [0.717, 1.165) is 0 Å². The Morgan fingerprint density at radius 1 is 1.59 bits per heavy atom. The number of hydrogen-bond donors (Lipinski definition) is 3. The molecule has 98 valence electrons. The Morgan fingerprint density at radius 3 is 2.65 bits per heavy atom. The van der Waals surface area contributed by atoms with Gasteiger partial charge < -0.3 is 10.4 Å². The molecule has 1 fully saturated rings.